The molecule has 0 rings (SSSR count). The van der Waals surface area contributed by atoms with Gasteiger partial charge in [-0.2, -0.15) is 0 Å². The maximum Gasteiger partial charge on any atom is 0.306 e. The second-order valence-corrected chi connectivity index (χ2v) is 23.1. The SMILES string of the molecule is CC/C=C\C/C=C\C/C=C\C/C=C\CCCCCCCCCCCCCCCCC(=O)OCC(COC(=O)CCCCCCCCCC)OC(=O)CCCCCCCCCCCCCCCCCCCCCCCCCC. The smallest absolute Gasteiger partial charge is 0.306 e. The van der Waals surface area contributed by atoms with Crippen LogP contribution in [0.5, 0.6) is 0 Å². The highest BCUT2D eigenvalue weighted by atomic mass is 16.6. The zero-order valence-electron chi connectivity index (χ0n) is 51.7. The van der Waals surface area contributed by atoms with Crippen molar-refractivity contribution in [3.8, 4) is 0 Å². The highest BCUT2D eigenvalue weighted by Crippen LogP contribution is 2.18. The molecule has 0 aliphatic heterocycles. The van der Waals surface area contributed by atoms with Gasteiger partial charge in [-0.05, 0) is 57.8 Å². The summed E-state index contributed by atoms with van der Waals surface area (Å²) in [6.07, 6.45) is 83.0. The maximum atomic E-state index is 12.9. The number of carbonyl (C=O) groups excluding carboxylic acids is 3. The van der Waals surface area contributed by atoms with E-state index in [0.29, 0.717) is 19.3 Å². The molecular weight excluding hydrogens is 949 g/mol. The fourth-order valence-electron chi connectivity index (χ4n) is 10.3. The minimum absolute atomic E-state index is 0.0674. The average Bonchev–Trinajstić information content (AvgIpc) is 3.43. The lowest BCUT2D eigenvalue weighted by Gasteiger charge is -2.18. The van der Waals surface area contributed by atoms with E-state index in [1.807, 2.05) is 0 Å². The van der Waals surface area contributed by atoms with Crippen molar-refractivity contribution in [2.24, 2.45) is 0 Å². The van der Waals surface area contributed by atoms with E-state index in [2.05, 4.69) is 69.4 Å². The number of rotatable bonds is 63. The van der Waals surface area contributed by atoms with Crippen LogP contribution in [0.3, 0.4) is 0 Å². The zero-order chi connectivity index (χ0) is 55.7. The number of carbonyl (C=O) groups is 3. The van der Waals surface area contributed by atoms with Gasteiger partial charge in [0.15, 0.2) is 6.10 Å². The molecular formula is C71H130O6. The minimum Gasteiger partial charge on any atom is -0.462 e. The van der Waals surface area contributed by atoms with E-state index in [1.165, 1.54) is 244 Å². The molecule has 6 nitrogen and oxygen atoms in total. The van der Waals surface area contributed by atoms with Crippen LogP contribution >= 0.6 is 0 Å². The van der Waals surface area contributed by atoms with E-state index in [0.717, 1.165) is 83.5 Å². The van der Waals surface area contributed by atoms with Crippen molar-refractivity contribution >= 4 is 17.9 Å². The quantitative estimate of drug-likeness (QED) is 0.0261. The summed E-state index contributed by atoms with van der Waals surface area (Å²) in [7, 11) is 0. The van der Waals surface area contributed by atoms with E-state index in [1.54, 1.807) is 0 Å². The van der Waals surface area contributed by atoms with E-state index in [-0.39, 0.29) is 31.1 Å². The molecule has 0 spiro atoms. The number of hydrogen-bond acceptors (Lipinski definition) is 6. The average molecular weight is 1080 g/mol. The first-order valence-electron chi connectivity index (χ1n) is 34.1. The Morgan fingerprint density at radius 1 is 0.273 bits per heavy atom. The molecule has 0 aromatic heterocycles. The summed E-state index contributed by atoms with van der Waals surface area (Å²) >= 11 is 0. The molecule has 0 aromatic carbocycles. The third-order valence-electron chi connectivity index (χ3n) is 15.3. The molecule has 1 atom stereocenters. The lowest BCUT2D eigenvalue weighted by atomic mass is 10.0. The van der Waals surface area contributed by atoms with Gasteiger partial charge in [0.2, 0.25) is 0 Å². The van der Waals surface area contributed by atoms with Crippen LogP contribution in [-0.4, -0.2) is 37.2 Å². The summed E-state index contributed by atoms with van der Waals surface area (Å²) in [6.45, 7) is 6.56. The van der Waals surface area contributed by atoms with Crippen molar-refractivity contribution in [2.75, 3.05) is 13.2 Å². The predicted molar refractivity (Wildman–Crippen MR) is 335 cm³/mol. The molecule has 0 saturated carbocycles. The lowest BCUT2D eigenvalue weighted by Crippen LogP contribution is -2.30. The Labute approximate surface area is 479 Å². The highest BCUT2D eigenvalue weighted by Gasteiger charge is 2.19. The summed E-state index contributed by atoms with van der Waals surface area (Å²) in [6, 6.07) is 0. The van der Waals surface area contributed by atoms with Crippen LogP contribution in [0.25, 0.3) is 0 Å². The maximum absolute atomic E-state index is 12.9. The van der Waals surface area contributed by atoms with E-state index in [9.17, 15) is 14.4 Å². The van der Waals surface area contributed by atoms with Gasteiger partial charge >= 0.3 is 17.9 Å². The highest BCUT2D eigenvalue weighted by molar-refractivity contribution is 5.71. The van der Waals surface area contributed by atoms with Crippen LogP contribution < -0.4 is 0 Å². The number of unbranched alkanes of at least 4 members (excludes halogenated alkanes) is 44. The van der Waals surface area contributed by atoms with E-state index >= 15 is 0 Å². The molecule has 0 saturated heterocycles. The largest absolute Gasteiger partial charge is 0.462 e. The lowest BCUT2D eigenvalue weighted by molar-refractivity contribution is -0.167. The third kappa shape index (κ3) is 64.1. The van der Waals surface area contributed by atoms with Gasteiger partial charge < -0.3 is 14.2 Å². The summed E-state index contributed by atoms with van der Waals surface area (Å²) < 4.78 is 16.9. The Morgan fingerprint density at radius 2 is 0.506 bits per heavy atom. The molecule has 0 aliphatic carbocycles. The van der Waals surface area contributed by atoms with Crippen molar-refractivity contribution in [3.63, 3.8) is 0 Å². The summed E-state index contributed by atoms with van der Waals surface area (Å²) in [5, 5.41) is 0. The molecule has 0 fully saturated rings. The standard InChI is InChI=1S/C71H130O6/c1-4-7-10-13-16-19-21-23-25-27-29-31-33-35-36-37-39-40-42-44-46-48-50-52-55-58-61-64-70(73)76-67-68(66-75-69(72)63-60-57-54-18-15-12-9-6-3)77-71(74)65-62-59-56-53-51-49-47-45-43-41-38-34-32-30-28-26-24-22-20-17-14-11-8-5-2/h7,10,16,19,23,25,29,31,68H,4-6,8-9,11-15,17-18,20-22,24,26-28,30,32-67H2,1-3H3/b10-7-,19-16-,25-23-,31-29-. The van der Waals surface area contributed by atoms with Gasteiger partial charge in [0, 0.05) is 19.3 Å². The number of hydrogen-bond donors (Lipinski definition) is 0. The molecule has 0 bridgehead atoms. The van der Waals surface area contributed by atoms with Crippen molar-refractivity contribution < 1.29 is 28.6 Å². The van der Waals surface area contributed by atoms with E-state index < -0.39 is 6.10 Å². The van der Waals surface area contributed by atoms with Crippen molar-refractivity contribution in [2.45, 2.75) is 374 Å². The topological polar surface area (TPSA) is 78.9 Å². The molecule has 77 heavy (non-hydrogen) atoms. The van der Waals surface area contributed by atoms with Gasteiger partial charge in [0.05, 0.1) is 0 Å². The molecule has 0 heterocycles. The van der Waals surface area contributed by atoms with Gasteiger partial charge in [-0.1, -0.05) is 339 Å². The molecule has 0 aromatic rings. The molecule has 0 aliphatic rings. The molecule has 450 valence electrons. The second kappa shape index (κ2) is 65.9. The van der Waals surface area contributed by atoms with Crippen LogP contribution in [-0.2, 0) is 28.6 Å². The second-order valence-electron chi connectivity index (χ2n) is 23.1. The first kappa shape index (κ1) is 74.4. The number of ether oxygens (including phenoxy) is 3. The first-order chi connectivity index (χ1) is 38.0. The molecule has 0 amide bonds. The van der Waals surface area contributed by atoms with Crippen LogP contribution in [0.2, 0.25) is 0 Å². The monoisotopic (exact) mass is 1080 g/mol. The van der Waals surface area contributed by atoms with Crippen molar-refractivity contribution in [1.29, 1.82) is 0 Å². The third-order valence-corrected chi connectivity index (χ3v) is 15.3. The fourth-order valence-corrected chi connectivity index (χ4v) is 10.3. The molecule has 0 N–H and O–H groups in total. The Balaban J connectivity index is 4.09. The molecule has 6 heteroatoms. The van der Waals surface area contributed by atoms with Crippen molar-refractivity contribution in [3.05, 3.63) is 48.6 Å². The van der Waals surface area contributed by atoms with Gasteiger partial charge in [-0.15, -0.1) is 0 Å². The Hall–Kier alpha value is -2.63. The van der Waals surface area contributed by atoms with Crippen LogP contribution in [0.15, 0.2) is 48.6 Å². The normalized spacial score (nSPS) is 12.3. The molecule has 0 radical (unpaired) electrons. The number of allylic oxidation sites excluding steroid dienone is 8. The summed E-state index contributed by atoms with van der Waals surface area (Å²) in [5.41, 5.74) is 0. The van der Waals surface area contributed by atoms with Crippen molar-refractivity contribution in [1.82, 2.24) is 0 Å². The Morgan fingerprint density at radius 3 is 0.792 bits per heavy atom. The molecule has 1 unspecified atom stereocenters. The minimum atomic E-state index is -0.768. The van der Waals surface area contributed by atoms with Gasteiger partial charge in [-0.3, -0.25) is 14.4 Å². The fraction of sp³-hybridized carbons (Fsp3) is 0.845. The Kier molecular flexibility index (Phi) is 63.6. The summed E-state index contributed by atoms with van der Waals surface area (Å²) in [4.78, 5) is 38.2. The van der Waals surface area contributed by atoms with Gasteiger partial charge in [-0.25, -0.2) is 0 Å². The Bertz CT molecular complexity index is 1330. The van der Waals surface area contributed by atoms with Crippen LogP contribution in [0, 0.1) is 0 Å². The predicted octanol–water partition coefficient (Wildman–Crippen LogP) is 23.3. The number of esters is 3. The van der Waals surface area contributed by atoms with Crippen LogP contribution in [0.1, 0.15) is 367 Å². The van der Waals surface area contributed by atoms with Gasteiger partial charge in [0.1, 0.15) is 13.2 Å². The summed E-state index contributed by atoms with van der Waals surface area (Å²) in [5.74, 6) is -0.847. The van der Waals surface area contributed by atoms with Gasteiger partial charge in [0.25, 0.3) is 0 Å². The first-order valence-corrected chi connectivity index (χ1v) is 34.1. The van der Waals surface area contributed by atoms with Crippen LogP contribution in [0.4, 0.5) is 0 Å². The van der Waals surface area contributed by atoms with E-state index in [4.69, 9.17) is 14.2 Å². The zero-order valence-corrected chi connectivity index (χ0v) is 51.7.